The Morgan fingerprint density at radius 1 is 1.22 bits per heavy atom. The number of likely N-dealkylation sites (tertiary alicyclic amines) is 1. The molecule has 1 N–H and O–H groups in total. The molecule has 5 nitrogen and oxygen atoms in total. The number of hydrogen-bond acceptors (Lipinski definition) is 4. The van der Waals surface area contributed by atoms with Gasteiger partial charge in [0, 0.05) is 19.3 Å². The number of rotatable bonds is 6. The molecule has 0 bridgehead atoms. The van der Waals surface area contributed by atoms with Gasteiger partial charge in [0.25, 0.3) is 0 Å². The third-order valence-corrected chi connectivity index (χ3v) is 6.04. The lowest BCUT2D eigenvalue weighted by Crippen LogP contribution is -2.36. The van der Waals surface area contributed by atoms with E-state index >= 15 is 0 Å². The average Bonchev–Trinajstić information content (AvgIpc) is 3.25. The van der Waals surface area contributed by atoms with E-state index in [1.165, 1.54) is 30.1 Å². The minimum Gasteiger partial charge on any atom is -0.491 e. The number of nitrogens with zero attached hydrogens (tertiary/aromatic N) is 3. The Morgan fingerprint density at radius 2 is 2.04 bits per heavy atom. The second kappa shape index (κ2) is 8.03. The van der Waals surface area contributed by atoms with Gasteiger partial charge in [0.2, 0.25) is 0 Å². The molecule has 27 heavy (non-hydrogen) atoms. The summed E-state index contributed by atoms with van der Waals surface area (Å²) in [5.74, 6) is 2.04. The normalized spacial score (nSPS) is 21.2. The first-order chi connectivity index (χ1) is 13.1. The minimum atomic E-state index is -0.500. The van der Waals surface area contributed by atoms with Crippen LogP contribution < -0.4 is 4.74 Å². The van der Waals surface area contributed by atoms with E-state index in [2.05, 4.69) is 16.5 Å². The van der Waals surface area contributed by atoms with Crippen LogP contribution >= 0.6 is 0 Å². The Morgan fingerprint density at radius 3 is 2.85 bits per heavy atom. The van der Waals surface area contributed by atoms with Gasteiger partial charge in [0.05, 0.1) is 11.7 Å². The number of aliphatic hydroxyl groups excluding tert-OH is 1. The summed E-state index contributed by atoms with van der Waals surface area (Å²) in [6.45, 7) is 4.00. The summed E-state index contributed by atoms with van der Waals surface area (Å²) in [6, 6.07) is 8.27. The van der Waals surface area contributed by atoms with Crippen molar-refractivity contribution in [3.8, 4) is 5.75 Å². The minimum absolute atomic E-state index is 0.314. The van der Waals surface area contributed by atoms with E-state index < -0.39 is 6.10 Å². The number of β-amino-alcohol motifs (C(OH)–C–C–N with tert-alkyl or cyclic N) is 1. The van der Waals surface area contributed by atoms with Crippen molar-refractivity contribution >= 4 is 0 Å². The van der Waals surface area contributed by atoms with Gasteiger partial charge in [0.1, 0.15) is 24.3 Å². The molecule has 1 saturated heterocycles. The van der Waals surface area contributed by atoms with E-state index in [1.807, 2.05) is 31.2 Å². The van der Waals surface area contributed by atoms with Gasteiger partial charge in [-0.1, -0.05) is 18.2 Å². The van der Waals surface area contributed by atoms with E-state index in [-0.39, 0.29) is 0 Å². The molecule has 1 aliphatic heterocycles. The molecular weight excluding hydrogens is 338 g/mol. The van der Waals surface area contributed by atoms with Gasteiger partial charge in [-0.2, -0.15) is 0 Å². The van der Waals surface area contributed by atoms with Crippen molar-refractivity contribution in [3.63, 3.8) is 0 Å². The van der Waals surface area contributed by atoms with Gasteiger partial charge >= 0.3 is 0 Å². The van der Waals surface area contributed by atoms with Gasteiger partial charge in [-0.25, -0.2) is 4.98 Å². The zero-order valence-corrected chi connectivity index (χ0v) is 16.5. The highest BCUT2D eigenvalue weighted by atomic mass is 16.5. The van der Waals surface area contributed by atoms with Crippen LogP contribution in [0.2, 0.25) is 0 Å². The third-order valence-electron chi connectivity index (χ3n) is 6.04. The van der Waals surface area contributed by atoms with E-state index in [0.717, 1.165) is 43.5 Å². The van der Waals surface area contributed by atoms with Crippen LogP contribution in [0.4, 0.5) is 0 Å². The van der Waals surface area contributed by atoms with Crippen LogP contribution in [0.15, 0.2) is 24.3 Å². The first-order valence-corrected chi connectivity index (χ1v) is 10.3. The average molecular weight is 370 g/mol. The predicted octanol–water partition coefficient (Wildman–Crippen LogP) is 3.18. The zero-order valence-electron chi connectivity index (χ0n) is 16.5. The lowest BCUT2D eigenvalue weighted by molar-refractivity contribution is 0.0621. The highest BCUT2D eigenvalue weighted by molar-refractivity contribution is 5.31. The number of benzene rings is 1. The fourth-order valence-electron chi connectivity index (χ4n) is 4.57. The molecule has 1 aliphatic carbocycles. The lowest BCUT2D eigenvalue weighted by Gasteiger charge is -2.26. The topological polar surface area (TPSA) is 50.5 Å². The molecule has 0 unspecified atom stereocenters. The van der Waals surface area contributed by atoms with Crippen molar-refractivity contribution in [2.24, 2.45) is 7.05 Å². The monoisotopic (exact) mass is 369 g/mol. The van der Waals surface area contributed by atoms with Crippen molar-refractivity contribution < 1.29 is 9.84 Å². The lowest BCUT2D eigenvalue weighted by atomic mass is 10.0. The Bertz CT molecular complexity index is 786. The Labute approximate surface area is 162 Å². The van der Waals surface area contributed by atoms with E-state index in [4.69, 9.17) is 9.72 Å². The van der Waals surface area contributed by atoms with Gasteiger partial charge in [-0.15, -0.1) is 0 Å². The number of ether oxygens (including phenoxy) is 1. The molecule has 2 atom stereocenters. The Balaban J connectivity index is 1.40. The number of fused-ring (bicyclic) bond motifs is 1. The molecule has 1 aromatic heterocycles. The predicted molar refractivity (Wildman–Crippen MR) is 106 cm³/mol. The molecule has 2 aliphatic rings. The fraction of sp³-hybridized carbons (Fsp3) is 0.591. The van der Waals surface area contributed by atoms with Crippen LogP contribution in [-0.4, -0.2) is 45.4 Å². The molecule has 146 valence electrons. The molecule has 1 aromatic carbocycles. The van der Waals surface area contributed by atoms with Crippen LogP contribution in [0.1, 0.15) is 54.5 Å². The quantitative estimate of drug-likeness (QED) is 0.850. The first-order valence-electron chi connectivity index (χ1n) is 10.3. The fourth-order valence-corrected chi connectivity index (χ4v) is 4.57. The maximum Gasteiger partial charge on any atom is 0.126 e. The standard InChI is InChI=1S/C22H31N3O2/c1-16-8-3-6-12-21(16)27-15-17(26)14-25-13-7-11-20(25)22-23-18-9-4-5-10-19(18)24(22)2/h3,6,8,12,17,20,26H,4-5,7,9-11,13-15H2,1-2H3/t17-,20-/m1/s1. The van der Waals surface area contributed by atoms with E-state index in [0.29, 0.717) is 19.2 Å². The summed E-state index contributed by atoms with van der Waals surface area (Å²) in [7, 11) is 2.17. The number of imidazole rings is 1. The van der Waals surface area contributed by atoms with Gasteiger partial charge in [0.15, 0.2) is 0 Å². The summed E-state index contributed by atoms with van der Waals surface area (Å²) in [6.07, 6.45) is 6.58. The number of hydrogen-bond donors (Lipinski definition) is 1. The Kier molecular flexibility index (Phi) is 5.50. The van der Waals surface area contributed by atoms with E-state index in [1.54, 1.807) is 0 Å². The summed E-state index contributed by atoms with van der Waals surface area (Å²) < 4.78 is 8.17. The summed E-state index contributed by atoms with van der Waals surface area (Å²) >= 11 is 0. The van der Waals surface area contributed by atoms with E-state index in [9.17, 15) is 5.11 Å². The smallest absolute Gasteiger partial charge is 0.126 e. The molecule has 2 heterocycles. The number of aromatic nitrogens is 2. The van der Waals surface area contributed by atoms with Crippen molar-refractivity contribution in [1.29, 1.82) is 0 Å². The number of para-hydroxylation sites is 1. The second-order valence-corrected chi connectivity index (χ2v) is 8.01. The van der Waals surface area contributed by atoms with Crippen LogP contribution in [0.3, 0.4) is 0 Å². The zero-order chi connectivity index (χ0) is 18.8. The van der Waals surface area contributed by atoms with Crippen molar-refractivity contribution in [1.82, 2.24) is 14.5 Å². The van der Waals surface area contributed by atoms with Crippen molar-refractivity contribution in [2.75, 3.05) is 19.7 Å². The van der Waals surface area contributed by atoms with Crippen LogP contribution in [0.25, 0.3) is 0 Å². The number of aryl methyl sites for hydroxylation is 2. The van der Waals surface area contributed by atoms with Crippen LogP contribution in [0.5, 0.6) is 5.75 Å². The molecular formula is C22H31N3O2. The Hall–Kier alpha value is -1.85. The number of aliphatic hydroxyl groups is 1. The second-order valence-electron chi connectivity index (χ2n) is 8.01. The first kappa shape index (κ1) is 18.5. The highest BCUT2D eigenvalue weighted by Crippen LogP contribution is 2.33. The van der Waals surface area contributed by atoms with Crippen LogP contribution in [0, 0.1) is 6.92 Å². The maximum absolute atomic E-state index is 10.6. The third kappa shape index (κ3) is 3.90. The molecule has 5 heteroatoms. The molecule has 1 fully saturated rings. The van der Waals surface area contributed by atoms with Crippen LogP contribution in [-0.2, 0) is 19.9 Å². The van der Waals surface area contributed by atoms with Gasteiger partial charge in [-0.05, 0) is 63.6 Å². The van der Waals surface area contributed by atoms with Crippen molar-refractivity contribution in [3.05, 3.63) is 47.0 Å². The van der Waals surface area contributed by atoms with Gasteiger partial charge < -0.3 is 14.4 Å². The molecule has 2 aromatic rings. The highest BCUT2D eigenvalue weighted by Gasteiger charge is 2.32. The molecule has 0 saturated carbocycles. The maximum atomic E-state index is 10.6. The van der Waals surface area contributed by atoms with Crippen molar-refractivity contribution in [2.45, 2.75) is 57.6 Å². The molecule has 0 amide bonds. The summed E-state index contributed by atoms with van der Waals surface area (Å²) in [5, 5.41) is 10.6. The summed E-state index contributed by atoms with van der Waals surface area (Å²) in [4.78, 5) is 7.39. The largest absolute Gasteiger partial charge is 0.491 e. The molecule has 4 rings (SSSR count). The summed E-state index contributed by atoms with van der Waals surface area (Å²) in [5.41, 5.74) is 3.82. The van der Waals surface area contributed by atoms with Gasteiger partial charge in [-0.3, -0.25) is 4.90 Å². The SMILES string of the molecule is Cc1ccccc1OC[C@H](O)CN1CCC[C@@H]1c1nc2c(n1C)CCCC2. The molecule has 0 radical (unpaired) electrons. The molecule has 0 spiro atoms.